The average Bonchev–Trinajstić information content (AvgIpc) is 3.21. The molecule has 0 aliphatic carbocycles. The van der Waals surface area contributed by atoms with Gasteiger partial charge in [0, 0.05) is 20.1 Å². The van der Waals surface area contributed by atoms with Gasteiger partial charge < -0.3 is 14.7 Å². The number of hydrogen-bond donors (Lipinski definition) is 1. The van der Waals surface area contributed by atoms with Gasteiger partial charge in [0.1, 0.15) is 5.69 Å². The van der Waals surface area contributed by atoms with Crippen molar-refractivity contribution in [2.24, 2.45) is 13.0 Å². The first-order chi connectivity index (χ1) is 12.5. The molecule has 0 saturated carbocycles. The lowest BCUT2D eigenvalue weighted by molar-refractivity contribution is -0.144. The van der Waals surface area contributed by atoms with Crippen molar-refractivity contribution in [1.29, 1.82) is 0 Å². The molecule has 1 atom stereocenters. The van der Waals surface area contributed by atoms with Crippen LogP contribution < -0.4 is 4.90 Å². The van der Waals surface area contributed by atoms with Crippen LogP contribution >= 0.6 is 0 Å². The standard InChI is InChI=1S/C18H25N5O3/c1-4-26-17(25)9-13-7-8-23(10-13)15-6-5-14(19-12(15)2)18-16(11-24)22(3)21-20-18/h5-6,13,24H,4,7-11H2,1-3H3. The molecule has 1 unspecified atom stereocenters. The van der Waals surface area contributed by atoms with E-state index in [1.54, 1.807) is 11.7 Å². The van der Waals surface area contributed by atoms with Crippen LogP contribution in [0.15, 0.2) is 12.1 Å². The minimum absolute atomic E-state index is 0.122. The molecule has 0 spiro atoms. The molecule has 0 aromatic carbocycles. The predicted molar refractivity (Wildman–Crippen MR) is 96.5 cm³/mol. The zero-order valence-electron chi connectivity index (χ0n) is 15.5. The van der Waals surface area contributed by atoms with Gasteiger partial charge in [-0.15, -0.1) is 5.10 Å². The van der Waals surface area contributed by atoms with Gasteiger partial charge in [0.15, 0.2) is 0 Å². The van der Waals surface area contributed by atoms with E-state index < -0.39 is 0 Å². The fraction of sp³-hybridized carbons (Fsp3) is 0.556. The molecule has 2 aromatic heterocycles. The van der Waals surface area contributed by atoms with Gasteiger partial charge in [0.25, 0.3) is 0 Å². The third-order valence-electron chi connectivity index (χ3n) is 4.78. The second-order valence-electron chi connectivity index (χ2n) is 6.58. The minimum Gasteiger partial charge on any atom is -0.466 e. The maximum Gasteiger partial charge on any atom is 0.306 e. The lowest BCUT2D eigenvalue weighted by Crippen LogP contribution is -2.22. The summed E-state index contributed by atoms with van der Waals surface area (Å²) in [6.07, 6.45) is 1.44. The molecule has 26 heavy (non-hydrogen) atoms. The van der Waals surface area contributed by atoms with E-state index in [2.05, 4.69) is 20.2 Å². The average molecular weight is 359 g/mol. The minimum atomic E-state index is -0.136. The van der Waals surface area contributed by atoms with Crippen LogP contribution in [0.4, 0.5) is 5.69 Å². The smallest absolute Gasteiger partial charge is 0.306 e. The number of anilines is 1. The fourth-order valence-electron chi connectivity index (χ4n) is 3.45. The van der Waals surface area contributed by atoms with E-state index in [9.17, 15) is 9.90 Å². The van der Waals surface area contributed by atoms with E-state index >= 15 is 0 Å². The summed E-state index contributed by atoms with van der Waals surface area (Å²) >= 11 is 0. The molecule has 1 fully saturated rings. The number of aliphatic hydroxyl groups excluding tert-OH is 1. The third kappa shape index (κ3) is 3.70. The number of esters is 1. The van der Waals surface area contributed by atoms with Crippen LogP contribution in [0, 0.1) is 12.8 Å². The molecule has 1 N–H and O–H groups in total. The lowest BCUT2D eigenvalue weighted by Gasteiger charge is -2.20. The largest absolute Gasteiger partial charge is 0.466 e. The van der Waals surface area contributed by atoms with Crippen molar-refractivity contribution in [2.45, 2.75) is 33.3 Å². The van der Waals surface area contributed by atoms with Crippen molar-refractivity contribution >= 4 is 11.7 Å². The molecule has 0 amide bonds. The number of pyridine rings is 1. The van der Waals surface area contributed by atoms with Crippen LogP contribution in [-0.2, 0) is 23.2 Å². The van der Waals surface area contributed by atoms with E-state index in [0.717, 1.165) is 30.9 Å². The topological polar surface area (TPSA) is 93.4 Å². The van der Waals surface area contributed by atoms with Gasteiger partial charge in [-0.05, 0) is 38.3 Å². The maximum atomic E-state index is 11.7. The molecule has 1 saturated heterocycles. The first-order valence-corrected chi connectivity index (χ1v) is 8.91. The zero-order chi connectivity index (χ0) is 18.7. The molecule has 0 radical (unpaired) electrons. The highest BCUT2D eigenvalue weighted by molar-refractivity contribution is 5.70. The fourth-order valence-corrected chi connectivity index (χ4v) is 3.45. The Balaban J connectivity index is 1.73. The maximum absolute atomic E-state index is 11.7. The highest BCUT2D eigenvalue weighted by Gasteiger charge is 2.26. The molecule has 0 bridgehead atoms. The van der Waals surface area contributed by atoms with Crippen LogP contribution in [0.5, 0.6) is 0 Å². The van der Waals surface area contributed by atoms with E-state index in [0.29, 0.717) is 36.0 Å². The van der Waals surface area contributed by atoms with Crippen LogP contribution in [-0.4, -0.2) is 50.8 Å². The SMILES string of the molecule is CCOC(=O)CC1CCN(c2ccc(-c3nnn(C)c3CO)nc2C)C1. The van der Waals surface area contributed by atoms with Crippen LogP contribution in [0.1, 0.15) is 31.2 Å². The van der Waals surface area contributed by atoms with E-state index in [4.69, 9.17) is 4.74 Å². The monoisotopic (exact) mass is 359 g/mol. The molecule has 1 aliphatic heterocycles. The Morgan fingerprint density at radius 1 is 1.42 bits per heavy atom. The third-order valence-corrected chi connectivity index (χ3v) is 4.78. The summed E-state index contributed by atoms with van der Waals surface area (Å²) in [7, 11) is 1.75. The number of aromatic nitrogens is 4. The van der Waals surface area contributed by atoms with Crippen molar-refractivity contribution in [1.82, 2.24) is 20.0 Å². The van der Waals surface area contributed by atoms with Crippen LogP contribution in [0.25, 0.3) is 11.4 Å². The summed E-state index contributed by atoms with van der Waals surface area (Å²) in [5, 5.41) is 17.6. The summed E-state index contributed by atoms with van der Waals surface area (Å²) in [6.45, 7) is 5.81. The first kappa shape index (κ1) is 18.3. The van der Waals surface area contributed by atoms with Gasteiger partial charge >= 0.3 is 5.97 Å². The van der Waals surface area contributed by atoms with Gasteiger partial charge in [-0.2, -0.15) is 0 Å². The summed E-state index contributed by atoms with van der Waals surface area (Å²) < 4.78 is 6.61. The summed E-state index contributed by atoms with van der Waals surface area (Å²) in [4.78, 5) is 18.6. The number of ether oxygens (including phenoxy) is 1. The van der Waals surface area contributed by atoms with Crippen LogP contribution in [0.3, 0.4) is 0 Å². The molecular formula is C18H25N5O3. The van der Waals surface area contributed by atoms with E-state index in [1.165, 1.54) is 0 Å². The molecular weight excluding hydrogens is 334 g/mol. The Morgan fingerprint density at radius 2 is 2.23 bits per heavy atom. The normalized spacial score (nSPS) is 16.9. The van der Waals surface area contributed by atoms with Gasteiger partial charge in [0.05, 0.1) is 42.4 Å². The lowest BCUT2D eigenvalue weighted by atomic mass is 10.1. The van der Waals surface area contributed by atoms with Crippen molar-refractivity contribution < 1.29 is 14.6 Å². The van der Waals surface area contributed by atoms with Gasteiger partial charge in [-0.1, -0.05) is 5.21 Å². The Kier molecular flexibility index (Phi) is 5.51. The highest BCUT2D eigenvalue weighted by atomic mass is 16.5. The Labute approximate surface area is 152 Å². The van der Waals surface area contributed by atoms with E-state index in [1.807, 2.05) is 26.0 Å². The molecule has 8 nitrogen and oxygen atoms in total. The zero-order valence-corrected chi connectivity index (χ0v) is 15.5. The number of nitrogens with zero attached hydrogens (tertiary/aromatic N) is 5. The molecule has 2 aromatic rings. The van der Waals surface area contributed by atoms with Crippen molar-refractivity contribution in [3.05, 3.63) is 23.5 Å². The Bertz CT molecular complexity index is 789. The number of aryl methyl sites for hydroxylation is 2. The van der Waals surface area contributed by atoms with Crippen molar-refractivity contribution in [2.75, 3.05) is 24.6 Å². The second-order valence-corrected chi connectivity index (χ2v) is 6.58. The number of hydrogen-bond acceptors (Lipinski definition) is 7. The molecule has 8 heteroatoms. The second kappa shape index (κ2) is 7.82. The first-order valence-electron chi connectivity index (χ1n) is 8.91. The van der Waals surface area contributed by atoms with E-state index in [-0.39, 0.29) is 12.6 Å². The Morgan fingerprint density at radius 3 is 2.92 bits per heavy atom. The number of carbonyl (C=O) groups is 1. The van der Waals surface area contributed by atoms with Crippen molar-refractivity contribution in [3.63, 3.8) is 0 Å². The predicted octanol–water partition coefficient (Wildman–Crippen LogP) is 1.46. The summed E-state index contributed by atoms with van der Waals surface area (Å²) in [5.41, 5.74) is 3.90. The molecule has 3 heterocycles. The van der Waals surface area contributed by atoms with Crippen molar-refractivity contribution in [3.8, 4) is 11.4 Å². The molecule has 3 rings (SSSR count). The number of aliphatic hydroxyl groups is 1. The summed E-state index contributed by atoms with van der Waals surface area (Å²) in [6, 6.07) is 3.93. The van der Waals surface area contributed by atoms with Gasteiger partial charge in [-0.25, -0.2) is 9.67 Å². The molecule has 1 aliphatic rings. The number of rotatable bonds is 6. The quantitative estimate of drug-likeness (QED) is 0.780. The van der Waals surface area contributed by atoms with Gasteiger partial charge in [0.2, 0.25) is 0 Å². The van der Waals surface area contributed by atoms with Gasteiger partial charge in [-0.3, -0.25) is 4.79 Å². The highest BCUT2D eigenvalue weighted by Crippen LogP contribution is 2.30. The number of carbonyl (C=O) groups excluding carboxylic acids is 1. The molecule has 140 valence electrons. The summed E-state index contributed by atoms with van der Waals surface area (Å²) in [5.74, 6) is 0.192. The van der Waals surface area contributed by atoms with Crippen LogP contribution in [0.2, 0.25) is 0 Å². The Hall–Kier alpha value is -2.48.